The van der Waals surface area contributed by atoms with E-state index in [-0.39, 0.29) is 6.42 Å². The van der Waals surface area contributed by atoms with Gasteiger partial charge in [-0.15, -0.1) is 0 Å². The summed E-state index contributed by atoms with van der Waals surface area (Å²) in [5, 5.41) is 18.1. The normalized spacial score (nSPS) is 24.0. The van der Waals surface area contributed by atoms with E-state index < -0.39 is 35.8 Å². The SMILES string of the molecule is CC1(c2ccccc2)CC(=O)N(C(CO)C(=O)O)C1=O. The summed E-state index contributed by atoms with van der Waals surface area (Å²) in [4.78, 5) is 36.2. The fraction of sp³-hybridized carbons (Fsp3) is 0.357. The van der Waals surface area contributed by atoms with Gasteiger partial charge in [-0.3, -0.25) is 14.5 Å². The Labute approximate surface area is 115 Å². The van der Waals surface area contributed by atoms with Gasteiger partial charge in [0.25, 0.3) is 0 Å². The first-order valence-electron chi connectivity index (χ1n) is 6.17. The zero-order valence-corrected chi connectivity index (χ0v) is 10.9. The number of carboxylic acid groups (broad SMARTS) is 1. The number of aliphatic hydroxyl groups is 1. The first kappa shape index (κ1) is 14.2. The number of likely N-dealkylation sites (tertiary alicyclic amines) is 1. The molecule has 2 N–H and O–H groups in total. The number of carbonyl (C=O) groups excluding carboxylic acids is 2. The van der Waals surface area contributed by atoms with Gasteiger partial charge in [0.2, 0.25) is 11.8 Å². The summed E-state index contributed by atoms with van der Waals surface area (Å²) in [6.07, 6.45) is -0.0976. The Morgan fingerprint density at radius 3 is 2.45 bits per heavy atom. The van der Waals surface area contributed by atoms with Gasteiger partial charge in [0.05, 0.1) is 12.0 Å². The molecular formula is C14H15NO5. The lowest BCUT2D eigenvalue weighted by Gasteiger charge is -2.25. The number of imide groups is 1. The van der Waals surface area contributed by atoms with Gasteiger partial charge in [0.1, 0.15) is 0 Å². The molecule has 2 unspecified atom stereocenters. The van der Waals surface area contributed by atoms with E-state index in [1.54, 1.807) is 37.3 Å². The monoisotopic (exact) mass is 277 g/mol. The lowest BCUT2D eigenvalue weighted by Crippen LogP contribution is -2.49. The topological polar surface area (TPSA) is 94.9 Å². The molecule has 2 atom stereocenters. The molecule has 6 nitrogen and oxygen atoms in total. The van der Waals surface area contributed by atoms with Crippen LogP contribution in [0.2, 0.25) is 0 Å². The minimum atomic E-state index is -1.53. The van der Waals surface area contributed by atoms with Gasteiger partial charge in [0, 0.05) is 6.42 Å². The Balaban J connectivity index is 2.41. The van der Waals surface area contributed by atoms with Gasteiger partial charge >= 0.3 is 5.97 Å². The summed E-state index contributed by atoms with van der Waals surface area (Å²) in [7, 11) is 0. The second kappa shape index (κ2) is 5.05. The molecule has 106 valence electrons. The number of carbonyl (C=O) groups is 3. The van der Waals surface area contributed by atoms with Gasteiger partial charge in [0.15, 0.2) is 6.04 Å². The minimum absolute atomic E-state index is 0.0976. The molecular weight excluding hydrogens is 262 g/mol. The highest BCUT2D eigenvalue weighted by Crippen LogP contribution is 2.37. The van der Waals surface area contributed by atoms with Crippen LogP contribution in [-0.2, 0) is 19.8 Å². The fourth-order valence-corrected chi connectivity index (χ4v) is 2.46. The Morgan fingerprint density at radius 1 is 1.35 bits per heavy atom. The molecule has 1 aliphatic heterocycles. The number of carboxylic acids is 1. The first-order valence-corrected chi connectivity index (χ1v) is 6.17. The minimum Gasteiger partial charge on any atom is -0.480 e. The predicted molar refractivity (Wildman–Crippen MR) is 68.8 cm³/mol. The van der Waals surface area contributed by atoms with E-state index in [1.807, 2.05) is 0 Å². The van der Waals surface area contributed by atoms with Crippen LogP contribution in [0.15, 0.2) is 30.3 Å². The molecule has 1 saturated heterocycles. The summed E-state index contributed by atoms with van der Waals surface area (Å²) < 4.78 is 0. The number of amides is 2. The molecule has 0 saturated carbocycles. The number of hydrogen-bond donors (Lipinski definition) is 2. The molecule has 0 aromatic heterocycles. The second-order valence-corrected chi connectivity index (χ2v) is 4.98. The van der Waals surface area contributed by atoms with E-state index in [4.69, 9.17) is 10.2 Å². The molecule has 2 amide bonds. The molecule has 0 spiro atoms. The van der Waals surface area contributed by atoms with Crippen molar-refractivity contribution in [2.24, 2.45) is 0 Å². The molecule has 6 heteroatoms. The van der Waals surface area contributed by atoms with Crippen molar-refractivity contribution in [1.82, 2.24) is 4.90 Å². The van der Waals surface area contributed by atoms with Crippen molar-refractivity contribution in [3.8, 4) is 0 Å². The van der Waals surface area contributed by atoms with E-state index in [2.05, 4.69) is 0 Å². The molecule has 1 heterocycles. The molecule has 1 aromatic carbocycles. The van der Waals surface area contributed by atoms with E-state index in [9.17, 15) is 14.4 Å². The number of hydrogen-bond acceptors (Lipinski definition) is 4. The molecule has 1 aliphatic rings. The summed E-state index contributed by atoms with van der Waals surface area (Å²) in [6.45, 7) is 0.816. The van der Waals surface area contributed by atoms with Gasteiger partial charge in [-0.05, 0) is 12.5 Å². The number of nitrogens with zero attached hydrogens (tertiary/aromatic N) is 1. The molecule has 1 aromatic rings. The highest BCUT2D eigenvalue weighted by atomic mass is 16.4. The van der Waals surface area contributed by atoms with Crippen LogP contribution < -0.4 is 0 Å². The quantitative estimate of drug-likeness (QED) is 0.764. The van der Waals surface area contributed by atoms with Crippen LogP contribution in [-0.4, -0.2) is 45.5 Å². The zero-order valence-electron chi connectivity index (χ0n) is 10.9. The second-order valence-electron chi connectivity index (χ2n) is 4.98. The van der Waals surface area contributed by atoms with E-state index in [1.165, 1.54) is 0 Å². The van der Waals surface area contributed by atoms with Crippen LogP contribution in [0.5, 0.6) is 0 Å². The molecule has 0 aliphatic carbocycles. The van der Waals surface area contributed by atoms with Crippen molar-refractivity contribution in [3.05, 3.63) is 35.9 Å². The van der Waals surface area contributed by atoms with Gasteiger partial charge in [-0.25, -0.2) is 4.79 Å². The maximum absolute atomic E-state index is 12.5. The van der Waals surface area contributed by atoms with Crippen molar-refractivity contribution in [1.29, 1.82) is 0 Å². The first-order chi connectivity index (χ1) is 9.41. The van der Waals surface area contributed by atoms with Crippen LogP contribution in [0.4, 0.5) is 0 Å². The lowest BCUT2D eigenvalue weighted by molar-refractivity contribution is -0.156. The largest absolute Gasteiger partial charge is 0.480 e. The Hall–Kier alpha value is -2.21. The molecule has 0 bridgehead atoms. The number of benzene rings is 1. The zero-order chi connectivity index (χ0) is 14.9. The van der Waals surface area contributed by atoms with Crippen LogP contribution >= 0.6 is 0 Å². The standard InChI is InChI=1S/C14H15NO5/c1-14(9-5-3-2-4-6-9)7-11(17)15(13(14)20)10(8-16)12(18)19/h2-6,10,16H,7-8H2,1H3,(H,18,19). The maximum Gasteiger partial charge on any atom is 0.329 e. The van der Waals surface area contributed by atoms with Crippen molar-refractivity contribution in [2.75, 3.05) is 6.61 Å². The Kier molecular flexibility index (Phi) is 3.59. The maximum atomic E-state index is 12.5. The lowest BCUT2D eigenvalue weighted by atomic mass is 9.81. The highest BCUT2D eigenvalue weighted by molar-refractivity contribution is 6.10. The van der Waals surface area contributed by atoms with Gasteiger partial charge in [-0.2, -0.15) is 0 Å². The molecule has 20 heavy (non-hydrogen) atoms. The number of aliphatic carboxylic acids is 1. The Morgan fingerprint density at radius 2 is 1.95 bits per heavy atom. The third kappa shape index (κ3) is 2.08. The van der Waals surface area contributed by atoms with E-state index in [0.29, 0.717) is 10.5 Å². The average Bonchev–Trinajstić information content (AvgIpc) is 2.65. The smallest absolute Gasteiger partial charge is 0.329 e. The number of aliphatic hydroxyl groups excluding tert-OH is 1. The van der Waals surface area contributed by atoms with Gasteiger partial charge < -0.3 is 10.2 Å². The van der Waals surface area contributed by atoms with Crippen molar-refractivity contribution in [2.45, 2.75) is 24.8 Å². The van der Waals surface area contributed by atoms with Crippen LogP contribution in [0.1, 0.15) is 18.9 Å². The third-order valence-corrected chi connectivity index (χ3v) is 3.64. The van der Waals surface area contributed by atoms with Gasteiger partial charge in [-0.1, -0.05) is 30.3 Å². The summed E-state index contributed by atoms with van der Waals surface area (Å²) in [5.41, 5.74) is -0.427. The molecule has 2 rings (SSSR count). The van der Waals surface area contributed by atoms with Crippen LogP contribution in [0, 0.1) is 0 Å². The van der Waals surface area contributed by atoms with Crippen molar-refractivity contribution in [3.63, 3.8) is 0 Å². The van der Waals surface area contributed by atoms with E-state index in [0.717, 1.165) is 0 Å². The van der Waals surface area contributed by atoms with Crippen LogP contribution in [0.3, 0.4) is 0 Å². The molecule has 1 fully saturated rings. The summed E-state index contributed by atoms with van der Waals surface area (Å²) >= 11 is 0. The third-order valence-electron chi connectivity index (χ3n) is 3.64. The highest BCUT2D eigenvalue weighted by Gasteiger charge is 2.52. The predicted octanol–water partition coefficient (Wildman–Crippen LogP) is 0.149. The molecule has 0 radical (unpaired) electrons. The number of rotatable bonds is 4. The Bertz CT molecular complexity index is 556. The fourth-order valence-electron chi connectivity index (χ4n) is 2.46. The van der Waals surface area contributed by atoms with Crippen molar-refractivity contribution >= 4 is 17.8 Å². The summed E-state index contributed by atoms with van der Waals surface area (Å²) in [6, 6.07) is 7.22. The van der Waals surface area contributed by atoms with E-state index >= 15 is 0 Å². The average molecular weight is 277 g/mol. The summed E-state index contributed by atoms with van der Waals surface area (Å²) in [5.74, 6) is -2.57. The van der Waals surface area contributed by atoms with Crippen LogP contribution in [0.25, 0.3) is 0 Å². The van der Waals surface area contributed by atoms with Crippen molar-refractivity contribution < 1.29 is 24.6 Å².